The number of rotatable bonds is 1. The minimum absolute atomic E-state index is 0.389. The van der Waals surface area contributed by atoms with Crippen molar-refractivity contribution in [2.45, 2.75) is 13.8 Å². The fourth-order valence-electron chi connectivity index (χ4n) is 0.970. The van der Waals surface area contributed by atoms with Crippen LogP contribution in [0.2, 0.25) is 5.02 Å². The minimum Gasteiger partial charge on any atom is -0.366 e. The normalized spacial score (nSPS) is 9.92. The third-order valence-electron chi connectivity index (χ3n) is 1.85. The van der Waals surface area contributed by atoms with Gasteiger partial charge < -0.3 is 5.73 Å². The van der Waals surface area contributed by atoms with E-state index in [1.54, 1.807) is 12.1 Å². The number of carbonyl (C=O) groups is 1. The Morgan fingerprint density at radius 1 is 1.33 bits per heavy atom. The molecular formula is C9H10ClNO. The first-order valence-electron chi connectivity index (χ1n) is 3.59. The lowest BCUT2D eigenvalue weighted by molar-refractivity contribution is 0.100. The summed E-state index contributed by atoms with van der Waals surface area (Å²) in [6, 6.07) is 3.46. The lowest BCUT2D eigenvalue weighted by Gasteiger charge is -2.04. The highest BCUT2D eigenvalue weighted by atomic mass is 35.5. The van der Waals surface area contributed by atoms with Crippen LogP contribution in [0.15, 0.2) is 12.1 Å². The molecule has 0 fully saturated rings. The van der Waals surface area contributed by atoms with E-state index in [-0.39, 0.29) is 0 Å². The van der Waals surface area contributed by atoms with Gasteiger partial charge in [0.05, 0.1) is 10.6 Å². The minimum atomic E-state index is -0.483. The quantitative estimate of drug-likeness (QED) is 0.712. The van der Waals surface area contributed by atoms with Crippen molar-refractivity contribution in [2.24, 2.45) is 5.73 Å². The van der Waals surface area contributed by atoms with Crippen LogP contribution in [0.3, 0.4) is 0 Å². The maximum atomic E-state index is 10.8. The number of hydrogen-bond donors (Lipinski definition) is 1. The van der Waals surface area contributed by atoms with E-state index < -0.39 is 5.91 Å². The van der Waals surface area contributed by atoms with Crippen LogP contribution in [-0.2, 0) is 0 Å². The van der Waals surface area contributed by atoms with Crippen LogP contribution in [0.5, 0.6) is 0 Å². The van der Waals surface area contributed by atoms with Crippen LogP contribution in [0.4, 0.5) is 0 Å². The second-order valence-corrected chi connectivity index (χ2v) is 3.19. The average molecular weight is 184 g/mol. The molecule has 64 valence electrons. The molecule has 1 aromatic carbocycles. The number of amides is 1. The largest absolute Gasteiger partial charge is 0.366 e. The van der Waals surface area contributed by atoms with E-state index >= 15 is 0 Å². The van der Waals surface area contributed by atoms with Crippen LogP contribution in [0.1, 0.15) is 21.5 Å². The monoisotopic (exact) mass is 183 g/mol. The summed E-state index contributed by atoms with van der Waals surface area (Å²) in [5.41, 5.74) is 7.58. The molecule has 2 nitrogen and oxygen atoms in total. The first kappa shape index (κ1) is 9.07. The van der Waals surface area contributed by atoms with Gasteiger partial charge in [-0.2, -0.15) is 0 Å². The highest BCUT2D eigenvalue weighted by molar-refractivity contribution is 6.33. The first-order chi connectivity index (χ1) is 5.52. The number of benzene rings is 1. The Morgan fingerprint density at radius 3 is 2.33 bits per heavy atom. The van der Waals surface area contributed by atoms with Crippen molar-refractivity contribution >= 4 is 17.5 Å². The van der Waals surface area contributed by atoms with Crippen molar-refractivity contribution in [3.63, 3.8) is 0 Å². The third-order valence-corrected chi connectivity index (χ3v) is 2.16. The molecule has 12 heavy (non-hydrogen) atoms. The van der Waals surface area contributed by atoms with Gasteiger partial charge in [0.25, 0.3) is 0 Å². The number of hydrogen-bond acceptors (Lipinski definition) is 1. The molecule has 1 aromatic rings. The second-order valence-electron chi connectivity index (χ2n) is 2.78. The van der Waals surface area contributed by atoms with Crippen molar-refractivity contribution in [3.8, 4) is 0 Å². The van der Waals surface area contributed by atoms with Crippen LogP contribution in [0.25, 0.3) is 0 Å². The van der Waals surface area contributed by atoms with E-state index in [0.717, 1.165) is 11.1 Å². The maximum Gasteiger partial charge on any atom is 0.250 e. The van der Waals surface area contributed by atoms with E-state index in [0.29, 0.717) is 10.6 Å². The van der Waals surface area contributed by atoms with Gasteiger partial charge in [0.15, 0.2) is 0 Å². The van der Waals surface area contributed by atoms with Gasteiger partial charge in [-0.3, -0.25) is 4.79 Å². The zero-order chi connectivity index (χ0) is 9.30. The number of carbonyl (C=O) groups excluding carboxylic acids is 1. The summed E-state index contributed by atoms with van der Waals surface area (Å²) >= 11 is 5.80. The second kappa shape index (κ2) is 3.15. The molecular weight excluding hydrogens is 174 g/mol. The van der Waals surface area contributed by atoms with Gasteiger partial charge in [-0.05, 0) is 37.1 Å². The van der Waals surface area contributed by atoms with Crippen molar-refractivity contribution in [3.05, 3.63) is 33.8 Å². The third kappa shape index (κ3) is 1.59. The Morgan fingerprint density at radius 2 is 1.83 bits per heavy atom. The summed E-state index contributed by atoms with van der Waals surface area (Å²) < 4.78 is 0. The maximum absolute atomic E-state index is 10.8. The highest BCUT2D eigenvalue weighted by Crippen LogP contribution is 2.19. The predicted octanol–water partition coefficient (Wildman–Crippen LogP) is 2.06. The Hall–Kier alpha value is -1.02. The Kier molecular flexibility index (Phi) is 2.38. The van der Waals surface area contributed by atoms with Gasteiger partial charge in [0.2, 0.25) is 5.91 Å². The SMILES string of the molecule is Cc1cc(Cl)c(C(N)=O)cc1C. The highest BCUT2D eigenvalue weighted by Gasteiger charge is 2.07. The van der Waals surface area contributed by atoms with Gasteiger partial charge in [-0.15, -0.1) is 0 Å². The molecule has 0 aliphatic heterocycles. The molecule has 1 amide bonds. The first-order valence-corrected chi connectivity index (χ1v) is 3.96. The topological polar surface area (TPSA) is 43.1 Å². The lowest BCUT2D eigenvalue weighted by atomic mass is 10.1. The lowest BCUT2D eigenvalue weighted by Crippen LogP contribution is -2.12. The van der Waals surface area contributed by atoms with E-state index in [2.05, 4.69) is 0 Å². The summed E-state index contributed by atoms with van der Waals surface area (Å²) in [7, 11) is 0. The Balaban J connectivity index is 3.33. The van der Waals surface area contributed by atoms with E-state index in [4.69, 9.17) is 17.3 Å². The zero-order valence-corrected chi connectivity index (χ0v) is 7.77. The molecule has 1 rings (SSSR count). The summed E-state index contributed by atoms with van der Waals surface area (Å²) in [6.45, 7) is 3.85. The molecule has 0 aromatic heterocycles. The zero-order valence-electron chi connectivity index (χ0n) is 7.02. The summed E-state index contributed by atoms with van der Waals surface area (Å²) in [5.74, 6) is -0.483. The molecule has 0 atom stereocenters. The molecule has 0 radical (unpaired) electrons. The summed E-state index contributed by atoms with van der Waals surface area (Å²) in [6.07, 6.45) is 0. The van der Waals surface area contributed by atoms with Crippen molar-refractivity contribution in [2.75, 3.05) is 0 Å². The molecule has 0 bridgehead atoms. The van der Waals surface area contributed by atoms with E-state index in [9.17, 15) is 4.79 Å². The van der Waals surface area contributed by atoms with Crippen LogP contribution < -0.4 is 5.73 Å². The van der Waals surface area contributed by atoms with Crippen LogP contribution >= 0.6 is 11.6 Å². The molecule has 0 spiro atoms. The van der Waals surface area contributed by atoms with Gasteiger partial charge >= 0.3 is 0 Å². The fraction of sp³-hybridized carbons (Fsp3) is 0.222. The van der Waals surface area contributed by atoms with Gasteiger partial charge in [-0.25, -0.2) is 0 Å². The predicted molar refractivity (Wildman–Crippen MR) is 49.4 cm³/mol. The van der Waals surface area contributed by atoms with Gasteiger partial charge in [0, 0.05) is 0 Å². The molecule has 0 heterocycles. The molecule has 3 heteroatoms. The van der Waals surface area contributed by atoms with E-state index in [1.165, 1.54) is 0 Å². The standard InChI is InChI=1S/C9H10ClNO/c1-5-3-7(9(11)12)8(10)4-6(5)2/h3-4H,1-2H3,(H2,11,12). The fourth-order valence-corrected chi connectivity index (χ4v) is 1.28. The number of aryl methyl sites for hydroxylation is 2. The smallest absolute Gasteiger partial charge is 0.250 e. The van der Waals surface area contributed by atoms with E-state index in [1.807, 2.05) is 13.8 Å². The number of primary amides is 1. The number of nitrogens with two attached hydrogens (primary N) is 1. The van der Waals surface area contributed by atoms with Crippen LogP contribution in [0, 0.1) is 13.8 Å². The molecule has 0 saturated heterocycles. The van der Waals surface area contributed by atoms with Crippen molar-refractivity contribution in [1.29, 1.82) is 0 Å². The van der Waals surface area contributed by atoms with Gasteiger partial charge in [0.1, 0.15) is 0 Å². The van der Waals surface area contributed by atoms with Crippen molar-refractivity contribution in [1.82, 2.24) is 0 Å². The van der Waals surface area contributed by atoms with Crippen LogP contribution in [-0.4, -0.2) is 5.91 Å². The van der Waals surface area contributed by atoms with Gasteiger partial charge in [-0.1, -0.05) is 11.6 Å². The number of halogens is 1. The molecule has 0 saturated carbocycles. The molecule has 0 unspecified atom stereocenters. The molecule has 0 aliphatic carbocycles. The van der Waals surface area contributed by atoms with Crippen molar-refractivity contribution < 1.29 is 4.79 Å². The molecule has 0 aliphatic rings. The Labute approximate surface area is 76.3 Å². The average Bonchev–Trinajstić information content (AvgIpc) is 1.96. The Bertz CT molecular complexity index is 334. The summed E-state index contributed by atoms with van der Waals surface area (Å²) in [4.78, 5) is 10.8. The summed E-state index contributed by atoms with van der Waals surface area (Å²) in [5, 5.41) is 0.422. The molecule has 2 N–H and O–H groups in total.